The summed E-state index contributed by atoms with van der Waals surface area (Å²) in [4.78, 5) is 28.8. The maximum Gasteiger partial charge on any atom is 0.166 e. The number of carbonyl (C=O) groups excluding carboxylic acids is 2. The van der Waals surface area contributed by atoms with Crippen molar-refractivity contribution >= 4 is 49.7 Å². The van der Waals surface area contributed by atoms with E-state index in [-0.39, 0.29) is 11.8 Å². The fourth-order valence-electron chi connectivity index (χ4n) is 12.3. The number of ketones is 2. The highest BCUT2D eigenvalue weighted by atomic mass is 16.1. The summed E-state index contributed by atoms with van der Waals surface area (Å²) in [7, 11) is 0. The van der Waals surface area contributed by atoms with E-state index in [0.717, 1.165) is 73.5 Å². The van der Waals surface area contributed by atoms with Gasteiger partial charge < -0.3 is 4.40 Å². The van der Waals surface area contributed by atoms with Crippen LogP contribution >= 0.6 is 0 Å². The van der Waals surface area contributed by atoms with Crippen molar-refractivity contribution in [3.63, 3.8) is 0 Å². The first-order valence-electron chi connectivity index (χ1n) is 21.9. The van der Waals surface area contributed by atoms with Crippen LogP contribution < -0.4 is 0 Å². The average molecular weight is 762 g/mol. The van der Waals surface area contributed by atoms with Crippen molar-refractivity contribution in [2.24, 2.45) is 11.8 Å². The van der Waals surface area contributed by atoms with Crippen molar-refractivity contribution in [2.45, 2.75) is 63.2 Å². The topological polar surface area (TPSA) is 38.5 Å². The van der Waals surface area contributed by atoms with Gasteiger partial charge in [0.25, 0.3) is 0 Å². The lowest BCUT2D eigenvalue weighted by molar-refractivity contribution is 0.0891. The predicted octanol–water partition coefficient (Wildman–Crippen LogP) is 14.4. The van der Waals surface area contributed by atoms with Gasteiger partial charge in [-0.3, -0.25) is 9.59 Å². The van der Waals surface area contributed by atoms with Gasteiger partial charge in [0.15, 0.2) is 11.6 Å². The van der Waals surface area contributed by atoms with E-state index in [1.807, 2.05) is 0 Å². The molecular formula is C56H43NO2. The lowest BCUT2D eigenvalue weighted by Crippen LogP contribution is -2.15. The molecule has 2 heterocycles. The molecule has 0 aliphatic heterocycles. The predicted molar refractivity (Wildman–Crippen MR) is 241 cm³/mol. The van der Waals surface area contributed by atoms with Crippen LogP contribution in [0.25, 0.3) is 82.6 Å². The lowest BCUT2D eigenvalue weighted by Gasteiger charge is -2.22. The van der Waals surface area contributed by atoms with Gasteiger partial charge in [-0.2, -0.15) is 0 Å². The Kier molecular flexibility index (Phi) is 7.18. The molecule has 9 aromatic rings. The minimum Gasteiger partial charge on any atom is -0.308 e. The molecule has 284 valence electrons. The third-order valence-corrected chi connectivity index (χ3v) is 15.1. The number of hydrogen-bond acceptors (Lipinski definition) is 2. The van der Waals surface area contributed by atoms with Crippen LogP contribution in [-0.4, -0.2) is 16.0 Å². The van der Waals surface area contributed by atoms with E-state index in [1.165, 1.54) is 82.7 Å². The van der Waals surface area contributed by atoms with Crippen molar-refractivity contribution in [1.29, 1.82) is 0 Å². The van der Waals surface area contributed by atoms with Gasteiger partial charge in [-0.15, -0.1) is 0 Å². The first-order chi connectivity index (χ1) is 29.1. The summed E-state index contributed by atoms with van der Waals surface area (Å²) < 4.78 is 2.47. The summed E-state index contributed by atoms with van der Waals surface area (Å²) in [6, 6.07) is 51.2. The molecular weight excluding hydrogens is 719 g/mol. The van der Waals surface area contributed by atoms with Crippen molar-refractivity contribution in [3.8, 4) is 44.5 Å². The highest BCUT2D eigenvalue weighted by Crippen LogP contribution is 2.54. The van der Waals surface area contributed by atoms with E-state index in [9.17, 15) is 9.59 Å². The minimum absolute atomic E-state index is 0.106. The molecule has 4 bridgehead atoms. The second-order valence-corrected chi connectivity index (χ2v) is 18.0. The number of carbonyl (C=O) groups is 2. The zero-order valence-electron chi connectivity index (χ0n) is 33.0. The van der Waals surface area contributed by atoms with Crippen LogP contribution in [0.5, 0.6) is 0 Å². The molecule has 6 aliphatic carbocycles. The highest BCUT2D eigenvalue weighted by molar-refractivity contribution is 6.32. The third kappa shape index (κ3) is 4.76. The van der Waals surface area contributed by atoms with Crippen LogP contribution in [0.2, 0.25) is 0 Å². The quantitative estimate of drug-likeness (QED) is 0.179. The monoisotopic (exact) mass is 761 g/mol. The van der Waals surface area contributed by atoms with Gasteiger partial charge in [-0.1, -0.05) is 109 Å². The van der Waals surface area contributed by atoms with Crippen LogP contribution in [0.1, 0.15) is 95.0 Å². The number of Topliss-reactive ketones (excluding diaryl/α,β-unsaturated/α-hetero) is 2. The lowest BCUT2D eigenvalue weighted by atomic mass is 9.81. The fourth-order valence-corrected chi connectivity index (χ4v) is 12.3. The van der Waals surface area contributed by atoms with Gasteiger partial charge in [0.2, 0.25) is 0 Å². The first kappa shape index (κ1) is 33.6. The Bertz CT molecular complexity index is 3000. The zero-order valence-corrected chi connectivity index (χ0v) is 33.0. The van der Waals surface area contributed by atoms with Crippen LogP contribution in [0.15, 0.2) is 140 Å². The molecule has 0 amide bonds. The van der Waals surface area contributed by atoms with E-state index in [4.69, 9.17) is 0 Å². The molecule has 2 fully saturated rings. The van der Waals surface area contributed by atoms with Gasteiger partial charge in [-0.05, 0) is 149 Å². The molecule has 0 unspecified atom stereocenters. The van der Waals surface area contributed by atoms with Crippen LogP contribution in [-0.2, 0) is 0 Å². The summed E-state index contributed by atoms with van der Waals surface area (Å²) in [5.41, 5.74) is 17.2. The molecule has 6 aliphatic rings. The SMILES string of the molecule is O=C1c2cc3c(cc2C2CCC1CC2)c1c(-c2ccccc2-c2ccccc2)cc(-c2ccccc2-c2ccccc2)c2c4cc5c(cc4n3c12)C(=O)C1CCC5CC1. The van der Waals surface area contributed by atoms with Gasteiger partial charge >= 0.3 is 0 Å². The Morgan fingerprint density at radius 3 is 1.15 bits per heavy atom. The second-order valence-electron chi connectivity index (χ2n) is 18.0. The Hall–Kier alpha value is -6.32. The fraction of sp³-hybridized carbons (Fsp3) is 0.214. The zero-order chi connectivity index (χ0) is 38.9. The van der Waals surface area contributed by atoms with E-state index in [0.29, 0.717) is 23.4 Å². The summed E-state index contributed by atoms with van der Waals surface area (Å²) in [5, 5.41) is 4.86. The van der Waals surface area contributed by atoms with E-state index >= 15 is 0 Å². The summed E-state index contributed by atoms with van der Waals surface area (Å²) >= 11 is 0. The Morgan fingerprint density at radius 1 is 0.356 bits per heavy atom. The van der Waals surface area contributed by atoms with Crippen LogP contribution in [0.4, 0.5) is 0 Å². The second kappa shape index (κ2) is 12.6. The molecule has 0 atom stereocenters. The maximum atomic E-state index is 14.4. The number of rotatable bonds is 4. The number of fused-ring (bicyclic) bond motifs is 10. The van der Waals surface area contributed by atoms with Gasteiger partial charge in [-0.25, -0.2) is 0 Å². The smallest absolute Gasteiger partial charge is 0.166 e. The summed E-state index contributed by atoms with van der Waals surface area (Å²) in [6.45, 7) is 0. The Balaban J connectivity index is 1.25. The van der Waals surface area contributed by atoms with Gasteiger partial charge in [0, 0.05) is 44.5 Å². The molecule has 0 saturated heterocycles. The normalized spacial score (nSPS) is 21.1. The molecule has 2 saturated carbocycles. The van der Waals surface area contributed by atoms with Crippen LogP contribution in [0, 0.1) is 11.8 Å². The first-order valence-corrected chi connectivity index (χ1v) is 21.9. The average Bonchev–Trinajstić information content (AvgIpc) is 3.63. The standard InChI is InChI=1S/C56H43NO2/c58-55-36-23-19-34(20-24-36)42-27-48-50(30-46(42)55)57-51-31-47-43(35-21-25-37(26-22-35)56(47)59)28-49(51)53-45(41-18-10-8-16-39(41)33-13-5-2-6-14-33)29-44(52(48)54(53)57)40-17-9-7-15-38(40)32-11-3-1-4-12-32/h1-18,27-31,34-37H,19-26H2. The molecule has 3 heteroatoms. The van der Waals surface area contributed by atoms with E-state index in [1.54, 1.807) is 0 Å². The van der Waals surface area contributed by atoms with Crippen molar-refractivity contribution in [3.05, 3.63) is 162 Å². The molecule has 15 rings (SSSR count). The number of benzene rings is 7. The molecule has 2 aromatic heterocycles. The largest absolute Gasteiger partial charge is 0.308 e. The van der Waals surface area contributed by atoms with Crippen molar-refractivity contribution in [1.82, 2.24) is 4.40 Å². The number of aromatic nitrogens is 1. The molecule has 0 spiro atoms. The Morgan fingerprint density at radius 2 is 0.729 bits per heavy atom. The van der Waals surface area contributed by atoms with E-state index in [2.05, 4.69) is 144 Å². The van der Waals surface area contributed by atoms with Crippen molar-refractivity contribution < 1.29 is 9.59 Å². The number of hydrogen-bond donors (Lipinski definition) is 0. The minimum atomic E-state index is 0.106. The molecule has 59 heavy (non-hydrogen) atoms. The third-order valence-electron chi connectivity index (χ3n) is 15.1. The number of nitrogens with zero attached hydrogens (tertiary/aromatic N) is 1. The molecule has 0 radical (unpaired) electrons. The molecule has 7 aromatic carbocycles. The molecule has 0 N–H and O–H groups in total. The summed E-state index contributed by atoms with van der Waals surface area (Å²) in [6.07, 6.45) is 8.20. The molecule has 3 nitrogen and oxygen atoms in total. The van der Waals surface area contributed by atoms with E-state index < -0.39 is 0 Å². The van der Waals surface area contributed by atoms with Crippen molar-refractivity contribution in [2.75, 3.05) is 0 Å². The highest BCUT2D eigenvalue weighted by Gasteiger charge is 2.39. The maximum absolute atomic E-state index is 14.4. The Labute approximate surface area is 343 Å². The van der Waals surface area contributed by atoms with Gasteiger partial charge in [0.1, 0.15) is 0 Å². The van der Waals surface area contributed by atoms with Gasteiger partial charge in [0.05, 0.1) is 16.6 Å². The van der Waals surface area contributed by atoms with Crippen LogP contribution in [0.3, 0.4) is 0 Å². The summed E-state index contributed by atoms with van der Waals surface area (Å²) in [5.74, 6) is 1.64.